The van der Waals surface area contributed by atoms with Crippen molar-refractivity contribution in [2.24, 2.45) is 5.92 Å². The summed E-state index contributed by atoms with van der Waals surface area (Å²) in [6.45, 7) is 1.80. The normalized spacial score (nSPS) is 14.5. The van der Waals surface area contributed by atoms with Crippen LogP contribution in [0.2, 0.25) is 0 Å². The molecule has 0 radical (unpaired) electrons. The number of oxazole rings is 1. The van der Waals surface area contributed by atoms with Crippen molar-refractivity contribution >= 4 is 22.6 Å². The molecule has 3 aromatic rings. The van der Waals surface area contributed by atoms with Crippen molar-refractivity contribution in [1.82, 2.24) is 15.0 Å². The highest BCUT2D eigenvalue weighted by atomic mass is 16.4. The van der Waals surface area contributed by atoms with E-state index in [1.807, 2.05) is 12.1 Å². The fraction of sp³-hybridized carbons (Fsp3) is 0.267. The number of rotatable bonds is 3. The molecule has 6 nitrogen and oxygen atoms in total. The Morgan fingerprint density at radius 2 is 2.19 bits per heavy atom. The number of H-pyrrole nitrogens is 1. The third kappa shape index (κ3) is 2.29. The van der Waals surface area contributed by atoms with Crippen LogP contribution in [0.4, 0.5) is 5.82 Å². The van der Waals surface area contributed by atoms with Gasteiger partial charge in [-0.05, 0) is 18.9 Å². The minimum Gasteiger partial charge on any atom is -0.439 e. The average Bonchev–Trinajstić information content (AvgIpc) is 3.10. The van der Waals surface area contributed by atoms with E-state index in [9.17, 15) is 4.79 Å². The van der Waals surface area contributed by atoms with Crippen molar-refractivity contribution < 1.29 is 9.21 Å². The van der Waals surface area contributed by atoms with Crippen LogP contribution in [0.5, 0.6) is 0 Å². The lowest BCUT2D eigenvalue weighted by atomic mass is 10.3. The third-order valence-electron chi connectivity index (χ3n) is 3.59. The molecule has 2 N–H and O–H groups in total. The quantitative estimate of drug-likeness (QED) is 0.773. The van der Waals surface area contributed by atoms with Crippen LogP contribution in [0.1, 0.15) is 18.7 Å². The van der Waals surface area contributed by atoms with Crippen LogP contribution in [0.15, 0.2) is 28.9 Å². The molecule has 1 aliphatic carbocycles. The largest absolute Gasteiger partial charge is 0.439 e. The first-order chi connectivity index (χ1) is 10.2. The molecule has 1 saturated carbocycles. The SMILES string of the molecule is Cc1ncc(-c2cc3cnc(NC(=O)C4CC4)cc3[nH]2)o1. The summed E-state index contributed by atoms with van der Waals surface area (Å²) in [5, 5.41) is 3.80. The molecule has 21 heavy (non-hydrogen) atoms. The van der Waals surface area contributed by atoms with Gasteiger partial charge < -0.3 is 14.7 Å². The van der Waals surface area contributed by atoms with E-state index < -0.39 is 0 Å². The lowest BCUT2D eigenvalue weighted by molar-refractivity contribution is -0.117. The molecule has 1 fully saturated rings. The van der Waals surface area contributed by atoms with Gasteiger partial charge in [0.1, 0.15) is 5.82 Å². The molecular weight excluding hydrogens is 268 g/mol. The molecule has 0 bridgehead atoms. The lowest BCUT2D eigenvalue weighted by Crippen LogP contribution is -2.14. The molecule has 3 heterocycles. The molecule has 0 aromatic carbocycles. The van der Waals surface area contributed by atoms with Gasteiger partial charge >= 0.3 is 0 Å². The first kappa shape index (κ1) is 12.1. The Labute approximate surface area is 120 Å². The number of aryl methyl sites for hydroxylation is 1. The van der Waals surface area contributed by atoms with Gasteiger partial charge in [-0.15, -0.1) is 0 Å². The second-order valence-electron chi connectivity index (χ2n) is 5.35. The van der Waals surface area contributed by atoms with Crippen LogP contribution in [-0.2, 0) is 4.79 Å². The zero-order chi connectivity index (χ0) is 14.4. The Kier molecular flexibility index (Phi) is 2.57. The van der Waals surface area contributed by atoms with Gasteiger partial charge in [0.05, 0.1) is 17.4 Å². The standard InChI is InChI=1S/C15H14N4O2/c1-8-16-7-13(21-8)12-4-10-6-17-14(5-11(10)18-12)19-15(20)9-2-3-9/h4-7,9,18H,2-3H2,1H3,(H,17,19,20). The minimum atomic E-state index is 0.0551. The second kappa shape index (κ2) is 4.44. The van der Waals surface area contributed by atoms with Gasteiger partial charge in [-0.25, -0.2) is 9.97 Å². The van der Waals surface area contributed by atoms with Crippen molar-refractivity contribution in [3.05, 3.63) is 30.4 Å². The number of amides is 1. The molecule has 1 amide bonds. The Morgan fingerprint density at radius 3 is 2.90 bits per heavy atom. The summed E-state index contributed by atoms with van der Waals surface area (Å²) in [6.07, 6.45) is 5.38. The van der Waals surface area contributed by atoms with E-state index in [0.29, 0.717) is 17.5 Å². The number of aromatic nitrogens is 3. The predicted molar refractivity (Wildman–Crippen MR) is 77.7 cm³/mol. The Balaban J connectivity index is 1.66. The number of anilines is 1. The highest BCUT2D eigenvalue weighted by molar-refractivity contribution is 5.95. The monoisotopic (exact) mass is 282 g/mol. The molecule has 0 unspecified atom stereocenters. The first-order valence-corrected chi connectivity index (χ1v) is 6.91. The number of fused-ring (bicyclic) bond motifs is 1. The van der Waals surface area contributed by atoms with Gasteiger partial charge in [0.15, 0.2) is 11.7 Å². The number of nitrogens with zero attached hydrogens (tertiary/aromatic N) is 2. The third-order valence-corrected chi connectivity index (χ3v) is 3.59. The van der Waals surface area contributed by atoms with Crippen LogP contribution in [-0.4, -0.2) is 20.9 Å². The van der Waals surface area contributed by atoms with Crippen molar-refractivity contribution in [2.45, 2.75) is 19.8 Å². The van der Waals surface area contributed by atoms with Gasteiger partial charge in [-0.2, -0.15) is 0 Å². The van der Waals surface area contributed by atoms with E-state index in [0.717, 1.165) is 29.4 Å². The molecule has 1 aliphatic rings. The molecule has 0 aliphatic heterocycles. The maximum Gasteiger partial charge on any atom is 0.228 e. The summed E-state index contributed by atoms with van der Waals surface area (Å²) >= 11 is 0. The number of pyridine rings is 1. The maximum absolute atomic E-state index is 11.8. The number of hydrogen-bond donors (Lipinski definition) is 2. The fourth-order valence-corrected chi connectivity index (χ4v) is 2.29. The molecule has 4 rings (SSSR count). The molecule has 0 saturated heterocycles. The summed E-state index contributed by atoms with van der Waals surface area (Å²) in [5.74, 6) is 2.10. The van der Waals surface area contributed by atoms with Crippen molar-refractivity contribution in [1.29, 1.82) is 0 Å². The number of carbonyl (C=O) groups excluding carboxylic acids is 1. The van der Waals surface area contributed by atoms with Crippen molar-refractivity contribution in [2.75, 3.05) is 5.32 Å². The maximum atomic E-state index is 11.8. The number of carbonyl (C=O) groups is 1. The van der Waals surface area contributed by atoms with Crippen LogP contribution in [0.3, 0.4) is 0 Å². The number of hydrogen-bond acceptors (Lipinski definition) is 4. The summed E-state index contributed by atoms with van der Waals surface area (Å²) < 4.78 is 5.50. The van der Waals surface area contributed by atoms with Gasteiger partial charge in [0.25, 0.3) is 0 Å². The van der Waals surface area contributed by atoms with Crippen molar-refractivity contribution in [3.63, 3.8) is 0 Å². The Bertz CT molecular complexity index is 829. The molecular formula is C15H14N4O2. The van der Waals surface area contributed by atoms with E-state index >= 15 is 0 Å². The molecule has 0 spiro atoms. The first-order valence-electron chi connectivity index (χ1n) is 6.91. The smallest absolute Gasteiger partial charge is 0.228 e. The van der Waals surface area contributed by atoms with Gasteiger partial charge in [-0.3, -0.25) is 4.79 Å². The van der Waals surface area contributed by atoms with Gasteiger partial charge in [0.2, 0.25) is 5.91 Å². The summed E-state index contributed by atoms with van der Waals surface area (Å²) in [6, 6.07) is 3.79. The van der Waals surface area contributed by atoms with Gasteiger partial charge in [0, 0.05) is 30.5 Å². The average molecular weight is 282 g/mol. The van der Waals surface area contributed by atoms with E-state index in [1.54, 1.807) is 19.3 Å². The highest BCUT2D eigenvalue weighted by Crippen LogP contribution is 2.30. The zero-order valence-electron chi connectivity index (χ0n) is 11.5. The van der Waals surface area contributed by atoms with Crippen molar-refractivity contribution in [3.8, 4) is 11.5 Å². The summed E-state index contributed by atoms with van der Waals surface area (Å²) in [5.41, 5.74) is 1.75. The Morgan fingerprint density at radius 1 is 1.33 bits per heavy atom. The molecule has 3 aromatic heterocycles. The number of aromatic amines is 1. The van der Waals surface area contributed by atoms with Crippen LogP contribution in [0.25, 0.3) is 22.4 Å². The predicted octanol–water partition coefficient (Wildman–Crippen LogP) is 2.87. The molecule has 106 valence electrons. The van der Waals surface area contributed by atoms with E-state index in [2.05, 4.69) is 20.3 Å². The van der Waals surface area contributed by atoms with E-state index in [4.69, 9.17) is 4.42 Å². The second-order valence-corrected chi connectivity index (χ2v) is 5.35. The van der Waals surface area contributed by atoms with Crippen LogP contribution < -0.4 is 5.32 Å². The topological polar surface area (TPSA) is 83.8 Å². The summed E-state index contributed by atoms with van der Waals surface area (Å²) in [4.78, 5) is 23.4. The lowest BCUT2D eigenvalue weighted by Gasteiger charge is -2.02. The minimum absolute atomic E-state index is 0.0551. The van der Waals surface area contributed by atoms with Crippen LogP contribution >= 0.6 is 0 Å². The molecule has 0 atom stereocenters. The summed E-state index contributed by atoms with van der Waals surface area (Å²) in [7, 11) is 0. The van der Waals surface area contributed by atoms with E-state index in [1.165, 1.54) is 0 Å². The molecule has 6 heteroatoms. The zero-order valence-corrected chi connectivity index (χ0v) is 11.5. The Hall–Kier alpha value is -2.63. The highest BCUT2D eigenvalue weighted by Gasteiger charge is 2.29. The fourth-order valence-electron chi connectivity index (χ4n) is 2.29. The number of nitrogens with one attached hydrogen (secondary N) is 2. The van der Waals surface area contributed by atoms with E-state index in [-0.39, 0.29) is 11.8 Å². The van der Waals surface area contributed by atoms with Crippen LogP contribution in [0, 0.1) is 12.8 Å². The van der Waals surface area contributed by atoms with Gasteiger partial charge in [-0.1, -0.05) is 0 Å².